The van der Waals surface area contributed by atoms with Crippen LogP contribution in [0.1, 0.15) is 11.4 Å². The molecule has 0 unspecified atom stereocenters. The molecule has 7 heteroatoms. The van der Waals surface area contributed by atoms with E-state index in [9.17, 15) is 0 Å². The summed E-state index contributed by atoms with van der Waals surface area (Å²) in [6, 6.07) is 12.3. The molecule has 0 radical (unpaired) electrons. The fourth-order valence-electron chi connectivity index (χ4n) is 3.26. The van der Waals surface area contributed by atoms with E-state index in [-0.39, 0.29) is 0 Å². The van der Waals surface area contributed by atoms with E-state index in [4.69, 9.17) is 24.5 Å². The monoisotopic (exact) mass is 379 g/mol. The summed E-state index contributed by atoms with van der Waals surface area (Å²) < 4.78 is 12.5. The maximum Gasteiger partial charge on any atom is 0.159 e. The van der Waals surface area contributed by atoms with E-state index >= 15 is 0 Å². The Balaban J connectivity index is 1.67. The molecule has 1 aliphatic rings. The van der Waals surface area contributed by atoms with Gasteiger partial charge in [-0.15, -0.1) is 0 Å². The van der Waals surface area contributed by atoms with Gasteiger partial charge in [-0.05, 0) is 19.1 Å². The maximum atomic E-state index is 5.47. The summed E-state index contributed by atoms with van der Waals surface area (Å²) in [6.07, 6.45) is 2.61. The van der Waals surface area contributed by atoms with Gasteiger partial charge in [0.05, 0.1) is 25.5 Å². The van der Waals surface area contributed by atoms with Gasteiger partial charge in [-0.3, -0.25) is 0 Å². The van der Waals surface area contributed by atoms with E-state index in [1.165, 1.54) is 5.56 Å². The zero-order valence-electron chi connectivity index (χ0n) is 16.3. The Hall–Kier alpha value is -2.77. The second-order valence-corrected chi connectivity index (χ2v) is 6.86. The summed E-state index contributed by atoms with van der Waals surface area (Å²) >= 11 is 0. The van der Waals surface area contributed by atoms with Gasteiger partial charge in [0.1, 0.15) is 11.6 Å². The molecular weight excluding hydrogens is 354 g/mol. The Bertz CT molecular complexity index is 934. The van der Waals surface area contributed by atoms with Gasteiger partial charge in [-0.2, -0.15) is 5.10 Å². The van der Waals surface area contributed by atoms with Crippen LogP contribution in [0.25, 0.3) is 17.1 Å². The highest BCUT2D eigenvalue weighted by atomic mass is 16.5. The number of nitrogens with zero attached hydrogens (tertiary/aromatic N) is 5. The summed E-state index contributed by atoms with van der Waals surface area (Å²) in [4.78, 5) is 11.7. The van der Waals surface area contributed by atoms with Crippen molar-refractivity contribution >= 4 is 5.82 Å². The predicted octanol–water partition coefficient (Wildman–Crippen LogP) is 2.66. The number of hydrogen-bond acceptors (Lipinski definition) is 6. The Kier molecular flexibility index (Phi) is 5.64. The third-order valence-electron chi connectivity index (χ3n) is 4.75. The molecule has 3 aromatic rings. The van der Waals surface area contributed by atoms with E-state index in [2.05, 4.69) is 30.0 Å². The van der Waals surface area contributed by atoms with Gasteiger partial charge in [0.2, 0.25) is 0 Å². The van der Waals surface area contributed by atoms with Crippen LogP contribution in [-0.2, 0) is 15.9 Å². The summed E-state index contributed by atoms with van der Waals surface area (Å²) in [5, 5.41) is 4.75. The first-order valence-electron chi connectivity index (χ1n) is 9.55. The van der Waals surface area contributed by atoms with Crippen LogP contribution < -0.4 is 4.90 Å². The average molecular weight is 379 g/mol. The van der Waals surface area contributed by atoms with Crippen molar-refractivity contribution in [1.82, 2.24) is 19.7 Å². The highest BCUT2D eigenvalue weighted by Gasteiger charge is 2.16. The molecule has 0 saturated carbocycles. The Morgan fingerprint density at radius 1 is 1.07 bits per heavy atom. The SMILES string of the molecule is COCCc1nc(N2CCOCC2)cc(-n2ccc(-c3cccc(C)c3)n2)n1. The normalized spacial score (nSPS) is 14.4. The average Bonchev–Trinajstić information content (AvgIpc) is 3.23. The smallest absolute Gasteiger partial charge is 0.159 e. The van der Waals surface area contributed by atoms with Crippen LogP contribution in [0.3, 0.4) is 0 Å². The quantitative estimate of drug-likeness (QED) is 0.656. The molecule has 2 aromatic heterocycles. The van der Waals surface area contributed by atoms with Crippen molar-refractivity contribution in [3.05, 3.63) is 54.0 Å². The number of anilines is 1. The van der Waals surface area contributed by atoms with Crippen LogP contribution in [0, 0.1) is 6.92 Å². The number of aromatic nitrogens is 4. The van der Waals surface area contributed by atoms with Crippen molar-refractivity contribution in [2.75, 3.05) is 44.9 Å². The van der Waals surface area contributed by atoms with E-state index in [0.29, 0.717) is 26.2 Å². The van der Waals surface area contributed by atoms with Crippen molar-refractivity contribution < 1.29 is 9.47 Å². The van der Waals surface area contributed by atoms with E-state index in [1.54, 1.807) is 7.11 Å². The molecular formula is C21H25N5O2. The van der Waals surface area contributed by atoms with E-state index in [0.717, 1.165) is 41.8 Å². The number of rotatable bonds is 6. The number of aryl methyl sites for hydroxylation is 1. The maximum absolute atomic E-state index is 5.47. The summed E-state index contributed by atoms with van der Waals surface area (Å²) in [6.45, 7) is 5.75. The molecule has 1 saturated heterocycles. The largest absolute Gasteiger partial charge is 0.384 e. The molecule has 3 heterocycles. The molecule has 1 aromatic carbocycles. The lowest BCUT2D eigenvalue weighted by molar-refractivity contribution is 0.122. The fraction of sp³-hybridized carbons (Fsp3) is 0.381. The zero-order chi connectivity index (χ0) is 19.3. The highest BCUT2D eigenvalue weighted by Crippen LogP contribution is 2.21. The van der Waals surface area contributed by atoms with Crippen LogP contribution in [0.2, 0.25) is 0 Å². The first kappa shape index (κ1) is 18.6. The predicted molar refractivity (Wildman–Crippen MR) is 108 cm³/mol. The molecule has 1 aliphatic heterocycles. The number of methoxy groups -OCH3 is 1. The number of hydrogen-bond donors (Lipinski definition) is 0. The molecule has 7 nitrogen and oxygen atoms in total. The highest BCUT2D eigenvalue weighted by molar-refractivity contribution is 5.60. The summed E-state index contributed by atoms with van der Waals surface area (Å²) in [7, 11) is 1.69. The zero-order valence-corrected chi connectivity index (χ0v) is 16.3. The molecule has 146 valence electrons. The van der Waals surface area contributed by atoms with Gasteiger partial charge in [0.25, 0.3) is 0 Å². The molecule has 1 fully saturated rings. The first-order valence-corrected chi connectivity index (χ1v) is 9.55. The Labute approximate surface area is 164 Å². The van der Waals surface area contributed by atoms with Gasteiger partial charge in [0, 0.05) is 44.4 Å². The minimum Gasteiger partial charge on any atom is -0.384 e. The van der Waals surface area contributed by atoms with Gasteiger partial charge in [-0.25, -0.2) is 14.6 Å². The molecule has 28 heavy (non-hydrogen) atoms. The van der Waals surface area contributed by atoms with Gasteiger partial charge >= 0.3 is 0 Å². The van der Waals surface area contributed by atoms with Crippen molar-refractivity contribution in [3.8, 4) is 17.1 Å². The third-order valence-corrected chi connectivity index (χ3v) is 4.75. The number of morpholine rings is 1. The van der Waals surface area contributed by atoms with Crippen LogP contribution in [0.5, 0.6) is 0 Å². The Morgan fingerprint density at radius 3 is 2.68 bits per heavy atom. The van der Waals surface area contributed by atoms with Crippen molar-refractivity contribution in [2.45, 2.75) is 13.3 Å². The van der Waals surface area contributed by atoms with Crippen molar-refractivity contribution in [2.24, 2.45) is 0 Å². The van der Waals surface area contributed by atoms with Crippen molar-refractivity contribution in [1.29, 1.82) is 0 Å². The van der Waals surface area contributed by atoms with Crippen LogP contribution in [0.4, 0.5) is 5.82 Å². The number of benzene rings is 1. The Morgan fingerprint density at radius 2 is 1.89 bits per heavy atom. The molecule has 0 bridgehead atoms. The van der Waals surface area contributed by atoms with Crippen LogP contribution in [-0.4, -0.2) is 59.8 Å². The minimum absolute atomic E-state index is 0.583. The van der Waals surface area contributed by atoms with Gasteiger partial charge < -0.3 is 14.4 Å². The van der Waals surface area contributed by atoms with Crippen LogP contribution >= 0.6 is 0 Å². The molecule has 0 spiro atoms. The van der Waals surface area contributed by atoms with Gasteiger partial charge in [0.15, 0.2) is 5.82 Å². The van der Waals surface area contributed by atoms with E-state index < -0.39 is 0 Å². The van der Waals surface area contributed by atoms with Crippen molar-refractivity contribution in [3.63, 3.8) is 0 Å². The fourth-order valence-corrected chi connectivity index (χ4v) is 3.26. The standard InChI is InChI=1S/C21H25N5O2/c1-16-4-3-5-17(14-16)18-6-8-26(24-18)21-15-20(25-9-12-28-13-10-25)22-19(23-21)7-11-27-2/h3-6,8,14-15H,7,9-13H2,1-2H3. The third kappa shape index (κ3) is 4.21. The summed E-state index contributed by atoms with van der Waals surface area (Å²) in [5.74, 6) is 2.43. The van der Waals surface area contributed by atoms with Gasteiger partial charge in [-0.1, -0.05) is 23.8 Å². The topological polar surface area (TPSA) is 65.3 Å². The molecule has 0 atom stereocenters. The molecule has 0 aliphatic carbocycles. The lowest BCUT2D eigenvalue weighted by atomic mass is 10.1. The summed E-state index contributed by atoms with van der Waals surface area (Å²) in [5.41, 5.74) is 3.24. The van der Waals surface area contributed by atoms with Crippen LogP contribution in [0.15, 0.2) is 42.6 Å². The van der Waals surface area contributed by atoms with E-state index in [1.807, 2.05) is 29.1 Å². The lowest BCUT2D eigenvalue weighted by Gasteiger charge is -2.28. The molecule has 0 N–H and O–H groups in total. The second kappa shape index (κ2) is 8.50. The molecule has 0 amide bonds. The first-order chi connectivity index (χ1) is 13.7. The number of ether oxygens (including phenoxy) is 2. The minimum atomic E-state index is 0.583. The second-order valence-electron chi connectivity index (χ2n) is 6.86. The lowest BCUT2D eigenvalue weighted by Crippen LogP contribution is -2.37. The molecule has 4 rings (SSSR count).